The Morgan fingerprint density at radius 2 is 2.04 bits per heavy atom. The molecule has 0 aliphatic carbocycles. The van der Waals surface area contributed by atoms with Gasteiger partial charge < -0.3 is 30.3 Å². The van der Waals surface area contributed by atoms with Crippen LogP contribution in [0.5, 0.6) is 11.5 Å². The predicted molar refractivity (Wildman–Crippen MR) is 92.9 cm³/mol. The van der Waals surface area contributed by atoms with Gasteiger partial charge in [0.2, 0.25) is 17.9 Å². The summed E-state index contributed by atoms with van der Waals surface area (Å²) in [5.41, 5.74) is 6.53. The van der Waals surface area contributed by atoms with Crippen molar-refractivity contribution in [3.8, 4) is 11.5 Å². The first kappa shape index (κ1) is 15.8. The van der Waals surface area contributed by atoms with E-state index in [0.29, 0.717) is 38.7 Å². The van der Waals surface area contributed by atoms with E-state index in [4.69, 9.17) is 15.2 Å². The highest BCUT2D eigenvalue weighted by atomic mass is 32.1. The van der Waals surface area contributed by atoms with Gasteiger partial charge in [-0.1, -0.05) is 6.07 Å². The number of aromatic nitrogens is 2. The zero-order chi connectivity index (χ0) is 17.2. The first-order chi connectivity index (χ1) is 12.2. The third-order valence-electron chi connectivity index (χ3n) is 4.15. The Kier molecular flexibility index (Phi) is 4.18. The van der Waals surface area contributed by atoms with E-state index in [1.165, 1.54) is 11.5 Å². The Morgan fingerprint density at radius 3 is 2.80 bits per heavy atom. The van der Waals surface area contributed by atoms with E-state index in [0.717, 1.165) is 22.2 Å². The van der Waals surface area contributed by atoms with Crippen molar-refractivity contribution >= 4 is 28.6 Å². The van der Waals surface area contributed by atoms with Crippen LogP contribution in [0.15, 0.2) is 18.2 Å². The van der Waals surface area contributed by atoms with Gasteiger partial charge in [0.25, 0.3) is 0 Å². The molecule has 1 saturated heterocycles. The SMILES string of the molecule is Nc1nsc(N2CCN(C(=O)NCc3ccc4c(c3)OCO4)CC2)n1. The molecular formula is C15H18N6O3S. The van der Waals surface area contributed by atoms with Gasteiger partial charge in [0.15, 0.2) is 11.5 Å². The van der Waals surface area contributed by atoms with Crippen molar-refractivity contribution in [2.45, 2.75) is 6.54 Å². The maximum Gasteiger partial charge on any atom is 0.317 e. The van der Waals surface area contributed by atoms with Gasteiger partial charge in [0.1, 0.15) is 0 Å². The monoisotopic (exact) mass is 362 g/mol. The lowest BCUT2D eigenvalue weighted by atomic mass is 10.2. The van der Waals surface area contributed by atoms with Crippen LogP contribution in [0.2, 0.25) is 0 Å². The Morgan fingerprint density at radius 1 is 1.24 bits per heavy atom. The van der Waals surface area contributed by atoms with Crippen LogP contribution in [-0.4, -0.2) is 53.3 Å². The molecule has 2 aliphatic rings. The minimum absolute atomic E-state index is 0.0749. The predicted octanol–water partition coefficient (Wildman–Crippen LogP) is 0.881. The number of nitrogens with two attached hydrogens (primary N) is 1. The fourth-order valence-electron chi connectivity index (χ4n) is 2.80. The summed E-state index contributed by atoms with van der Waals surface area (Å²) in [6, 6.07) is 5.59. The lowest BCUT2D eigenvalue weighted by molar-refractivity contribution is 0.174. The molecular weight excluding hydrogens is 344 g/mol. The Balaban J connectivity index is 1.28. The summed E-state index contributed by atoms with van der Waals surface area (Å²) in [5, 5.41) is 3.75. The zero-order valence-electron chi connectivity index (χ0n) is 13.5. The highest BCUT2D eigenvalue weighted by molar-refractivity contribution is 7.09. The van der Waals surface area contributed by atoms with Gasteiger partial charge in [0.05, 0.1) is 0 Å². The number of benzene rings is 1. The van der Waals surface area contributed by atoms with Crippen LogP contribution in [0.4, 0.5) is 15.9 Å². The molecule has 9 nitrogen and oxygen atoms in total. The number of anilines is 2. The average molecular weight is 362 g/mol. The number of rotatable bonds is 3. The van der Waals surface area contributed by atoms with Gasteiger partial charge in [-0.2, -0.15) is 9.36 Å². The number of nitrogen functional groups attached to an aromatic ring is 1. The second-order valence-corrected chi connectivity index (χ2v) is 6.49. The minimum Gasteiger partial charge on any atom is -0.454 e. The van der Waals surface area contributed by atoms with Crippen LogP contribution in [0.3, 0.4) is 0 Å². The van der Waals surface area contributed by atoms with Crippen molar-refractivity contribution in [1.29, 1.82) is 0 Å². The summed E-state index contributed by atoms with van der Waals surface area (Å²) in [4.78, 5) is 20.4. The van der Waals surface area contributed by atoms with Crippen molar-refractivity contribution in [3.63, 3.8) is 0 Å². The quantitative estimate of drug-likeness (QED) is 0.835. The summed E-state index contributed by atoms with van der Waals surface area (Å²) in [5.74, 6) is 1.75. The molecule has 0 unspecified atom stereocenters. The summed E-state index contributed by atoms with van der Waals surface area (Å²) in [6.45, 7) is 3.38. The van der Waals surface area contributed by atoms with Crippen LogP contribution in [0.1, 0.15) is 5.56 Å². The molecule has 132 valence electrons. The summed E-state index contributed by atoms with van der Waals surface area (Å²) in [6.07, 6.45) is 0. The number of nitrogens with one attached hydrogen (secondary N) is 1. The van der Waals surface area contributed by atoms with Crippen LogP contribution >= 0.6 is 11.5 Å². The number of piperazine rings is 1. The molecule has 0 spiro atoms. The van der Waals surface area contributed by atoms with Crippen molar-refractivity contribution in [3.05, 3.63) is 23.8 Å². The van der Waals surface area contributed by atoms with Crippen molar-refractivity contribution in [2.24, 2.45) is 0 Å². The first-order valence-corrected chi connectivity index (χ1v) is 8.72. The molecule has 2 aliphatic heterocycles. The molecule has 0 bridgehead atoms. The summed E-state index contributed by atoms with van der Waals surface area (Å²) >= 11 is 1.28. The third-order valence-corrected chi connectivity index (χ3v) is 4.94. The number of hydrogen-bond acceptors (Lipinski definition) is 8. The molecule has 3 heterocycles. The van der Waals surface area contributed by atoms with Crippen LogP contribution in [0, 0.1) is 0 Å². The maximum absolute atomic E-state index is 12.3. The molecule has 25 heavy (non-hydrogen) atoms. The zero-order valence-corrected chi connectivity index (χ0v) is 14.3. The molecule has 3 N–H and O–H groups in total. The first-order valence-electron chi connectivity index (χ1n) is 7.94. The lowest BCUT2D eigenvalue weighted by Crippen LogP contribution is -2.51. The number of urea groups is 1. The van der Waals surface area contributed by atoms with Crippen molar-refractivity contribution < 1.29 is 14.3 Å². The summed E-state index contributed by atoms with van der Waals surface area (Å²) < 4.78 is 14.6. The standard InChI is InChI=1S/C15H18N6O3S/c16-13-18-15(25-19-13)21-5-3-20(4-6-21)14(22)17-8-10-1-2-11-12(7-10)24-9-23-11/h1-2,7H,3-6,8-9H2,(H2,16,19)(H,17,22). The molecule has 0 saturated carbocycles. The van der Waals surface area contributed by atoms with E-state index >= 15 is 0 Å². The Hall–Kier alpha value is -2.75. The van der Waals surface area contributed by atoms with Gasteiger partial charge in [-0.05, 0) is 17.7 Å². The van der Waals surface area contributed by atoms with E-state index in [1.54, 1.807) is 4.90 Å². The van der Waals surface area contributed by atoms with E-state index in [1.807, 2.05) is 18.2 Å². The van der Waals surface area contributed by atoms with Gasteiger partial charge in [-0.25, -0.2) is 4.79 Å². The van der Waals surface area contributed by atoms with Gasteiger partial charge in [-0.3, -0.25) is 0 Å². The number of ether oxygens (including phenoxy) is 2. The van der Waals surface area contributed by atoms with Gasteiger partial charge in [-0.15, -0.1) is 0 Å². The number of carbonyl (C=O) groups is 1. The fourth-order valence-corrected chi connectivity index (χ4v) is 3.44. The molecule has 2 aromatic rings. The third kappa shape index (κ3) is 3.38. The highest BCUT2D eigenvalue weighted by Gasteiger charge is 2.23. The largest absolute Gasteiger partial charge is 0.454 e. The van der Waals surface area contributed by atoms with Gasteiger partial charge in [0, 0.05) is 44.3 Å². The topological polar surface area (TPSA) is 106 Å². The second kappa shape index (κ2) is 6.63. The lowest BCUT2D eigenvalue weighted by Gasteiger charge is -2.34. The molecule has 0 radical (unpaired) electrons. The minimum atomic E-state index is -0.0749. The van der Waals surface area contributed by atoms with E-state index in [-0.39, 0.29) is 12.8 Å². The molecule has 1 aromatic carbocycles. The molecule has 1 fully saturated rings. The van der Waals surface area contributed by atoms with Crippen LogP contribution < -0.4 is 25.4 Å². The Labute approximate surface area is 148 Å². The molecule has 4 rings (SSSR count). The van der Waals surface area contributed by atoms with Crippen molar-refractivity contribution in [2.75, 3.05) is 43.6 Å². The maximum atomic E-state index is 12.3. The molecule has 2 amide bonds. The van der Waals surface area contributed by atoms with E-state index in [9.17, 15) is 4.79 Å². The number of amides is 2. The van der Waals surface area contributed by atoms with E-state index in [2.05, 4.69) is 19.6 Å². The normalized spacial score (nSPS) is 16.2. The highest BCUT2D eigenvalue weighted by Crippen LogP contribution is 2.32. The molecule has 1 aromatic heterocycles. The number of fused-ring (bicyclic) bond motifs is 1. The second-order valence-electron chi connectivity index (χ2n) is 5.76. The smallest absolute Gasteiger partial charge is 0.317 e. The Bertz CT molecular complexity index is 774. The summed E-state index contributed by atoms with van der Waals surface area (Å²) in [7, 11) is 0. The average Bonchev–Trinajstić information content (AvgIpc) is 3.28. The van der Waals surface area contributed by atoms with Crippen LogP contribution in [0.25, 0.3) is 0 Å². The molecule has 10 heteroatoms. The van der Waals surface area contributed by atoms with Gasteiger partial charge >= 0.3 is 6.03 Å². The number of carbonyl (C=O) groups excluding carboxylic acids is 1. The van der Waals surface area contributed by atoms with Crippen LogP contribution in [-0.2, 0) is 6.54 Å². The molecule has 0 atom stereocenters. The fraction of sp³-hybridized carbons (Fsp3) is 0.400. The van der Waals surface area contributed by atoms with Crippen molar-refractivity contribution in [1.82, 2.24) is 19.6 Å². The van der Waals surface area contributed by atoms with E-state index < -0.39 is 0 Å². The number of nitrogens with zero attached hydrogens (tertiary/aromatic N) is 4. The number of hydrogen-bond donors (Lipinski definition) is 2.